The van der Waals surface area contributed by atoms with Gasteiger partial charge in [0.1, 0.15) is 11.5 Å². The molecule has 0 aliphatic rings. The number of hydrogen-bond donors (Lipinski definition) is 1. The van der Waals surface area contributed by atoms with Gasteiger partial charge in [0.2, 0.25) is 0 Å². The summed E-state index contributed by atoms with van der Waals surface area (Å²) < 4.78 is 0. The number of thioether (sulfide) groups is 1. The van der Waals surface area contributed by atoms with E-state index in [2.05, 4.69) is 26.8 Å². The SMILES string of the molecule is CSc1nc(N)c(C=NC(C)(C)C)c(C#Cc2ccccc2)n1. The second-order valence-corrected chi connectivity index (χ2v) is 6.68. The molecule has 1 aromatic carbocycles. The first kappa shape index (κ1) is 17.0. The number of nitrogens with two attached hydrogens (primary N) is 1. The van der Waals surface area contributed by atoms with Crippen LogP contribution in [0.5, 0.6) is 0 Å². The summed E-state index contributed by atoms with van der Waals surface area (Å²) in [6.45, 7) is 6.06. The largest absolute Gasteiger partial charge is 0.383 e. The molecule has 5 heteroatoms. The molecule has 118 valence electrons. The Morgan fingerprint density at radius 1 is 1.13 bits per heavy atom. The summed E-state index contributed by atoms with van der Waals surface area (Å²) in [4.78, 5) is 13.3. The fraction of sp³-hybridized carbons (Fsp3) is 0.278. The minimum Gasteiger partial charge on any atom is -0.383 e. The average Bonchev–Trinajstić information content (AvgIpc) is 2.51. The molecular weight excluding hydrogens is 304 g/mol. The van der Waals surface area contributed by atoms with Crippen LogP contribution >= 0.6 is 11.8 Å². The van der Waals surface area contributed by atoms with Crippen molar-refractivity contribution in [2.45, 2.75) is 31.5 Å². The van der Waals surface area contributed by atoms with E-state index < -0.39 is 0 Å². The molecule has 0 bridgehead atoms. The molecule has 2 rings (SSSR count). The highest BCUT2D eigenvalue weighted by Crippen LogP contribution is 2.18. The van der Waals surface area contributed by atoms with Gasteiger partial charge >= 0.3 is 0 Å². The molecule has 0 spiro atoms. The van der Waals surface area contributed by atoms with Crippen LogP contribution in [0, 0.1) is 11.8 Å². The summed E-state index contributed by atoms with van der Waals surface area (Å²) >= 11 is 1.44. The smallest absolute Gasteiger partial charge is 0.190 e. The summed E-state index contributed by atoms with van der Waals surface area (Å²) in [5, 5.41) is 0.604. The van der Waals surface area contributed by atoms with Crippen LogP contribution in [0.3, 0.4) is 0 Å². The highest BCUT2D eigenvalue weighted by Gasteiger charge is 2.11. The summed E-state index contributed by atoms with van der Waals surface area (Å²) in [6.07, 6.45) is 3.63. The number of nitrogen functional groups attached to an aromatic ring is 1. The zero-order valence-electron chi connectivity index (χ0n) is 13.8. The Kier molecular flexibility index (Phi) is 5.41. The number of aliphatic imine (C=N–C) groups is 1. The highest BCUT2D eigenvalue weighted by molar-refractivity contribution is 7.98. The number of anilines is 1. The van der Waals surface area contributed by atoms with Crippen molar-refractivity contribution in [2.75, 3.05) is 12.0 Å². The van der Waals surface area contributed by atoms with Crippen LogP contribution < -0.4 is 5.73 Å². The maximum atomic E-state index is 6.07. The molecule has 1 heterocycles. The van der Waals surface area contributed by atoms with Gasteiger partial charge in [0, 0.05) is 11.8 Å². The van der Waals surface area contributed by atoms with Crippen molar-refractivity contribution in [3.8, 4) is 11.8 Å². The molecule has 2 N–H and O–H groups in total. The van der Waals surface area contributed by atoms with E-state index in [1.54, 1.807) is 6.21 Å². The lowest BCUT2D eigenvalue weighted by molar-refractivity contribution is 0.586. The van der Waals surface area contributed by atoms with E-state index in [0.29, 0.717) is 22.2 Å². The van der Waals surface area contributed by atoms with E-state index in [0.717, 1.165) is 5.56 Å². The predicted molar refractivity (Wildman–Crippen MR) is 98.0 cm³/mol. The molecule has 23 heavy (non-hydrogen) atoms. The fourth-order valence-electron chi connectivity index (χ4n) is 1.69. The number of benzene rings is 1. The molecule has 0 aliphatic heterocycles. The normalized spacial score (nSPS) is 11.3. The molecule has 4 nitrogen and oxygen atoms in total. The van der Waals surface area contributed by atoms with E-state index >= 15 is 0 Å². The van der Waals surface area contributed by atoms with Crippen molar-refractivity contribution in [2.24, 2.45) is 4.99 Å². The highest BCUT2D eigenvalue weighted by atomic mass is 32.2. The van der Waals surface area contributed by atoms with Gasteiger partial charge in [0.25, 0.3) is 0 Å². The van der Waals surface area contributed by atoms with Crippen molar-refractivity contribution in [3.63, 3.8) is 0 Å². The third-order valence-corrected chi connectivity index (χ3v) is 3.36. The summed E-state index contributed by atoms with van der Waals surface area (Å²) in [5.74, 6) is 6.60. The van der Waals surface area contributed by atoms with E-state index in [4.69, 9.17) is 5.73 Å². The molecule has 0 aliphatic carbocycles. The fourth-order valence-corrected chi connectivity index (χ4v) is 2.06. The maximum Gasteiger partial charge on any atom is 0.190 e. The standard InChI is InChI=1S/C18H20N4S/c1-18(2,3)20-12-14-15(21-17(23-4)22-16(14)19)11-10-13-8-6-5-7-9-13/h5-9,12H,1-4H3,(H2,19,21,22). The van der Waals surface area contributed by atoms with Crippen LogP contribution in [0.4, 0.5) is 5.82 Å². The van der Waals surface area contributed by atoms with Crippen molar-refractivity contribution in [1.29, 1.82) is 0 Å². The number of nitrogens with zero attached hydrogens (tertiary/aromatic N) is 3. The molecular formula is C18H20N4S. The molecule has 0 saturated carbocycles. The molecule has 2 aromatic rings. The Bertz CT molecular complexity index is 765. The quantitative estimate of drug-likeness (QED) is 0.398. The van der Waals surface area contributed by atoms with Crippen LogP contribution in [-0.2, 0) is 0 Å². The third kappa shape index (κ3) is 5.11. The van der Waals surface area contributed by atoms with Crippen molar-refractivity contribution in [1.82, 2.24) is 9.97 Å². The summed E-state index contributed by atoms with van der Waals surface area (Å²) in [7, 11) is 0. The van der Waals surface area contributed by atoms with Gasteiger partial charge in [-0.15, -0.1) is 0 Å². The Morgan fingerprint density at radius 3 is 2.43 bits per heavy atom. The average molecular weight is 324 g/mol. The van der Waals surface area contributed by atoms with Gasteiger partial charge in [0.15, 0.2) is 5.16 Å². The minimum absolute atomic E-state index is 0.200. The zero-order chi connectivity index (χ0) is 16.9. The summed E-state index contributed by atoms with van der Waals surface area (Å²) in [6, 6.07) is 9.77. The molecule has 0 fully saturated rings. The lowest BCUT2D eigenvalue weighted by atomic mass is 10.1. The van der Waals surface area contributed by atoms with Crippen LogP contribution in [0.1, 0.15) is 37.6 Å². The summed E-state index contributed by atoms with van der Waals surface area (Å²) in [5.41, 5.74) is 8.06. The van der Waals surface area contributed by atoms with E-state index in [9.17, 15) is 0 Å². The molecule has 1 aromatic heterocycles. The lowest BCUT2D eigenvalue weighted by Gasteiger charge is -2.12. The van der Waals surface area contributed by atoms with Crippen LogP contribution in [0.25, 0.3) is 0 Å². The van der Waals surface area contributed by atoms with Crippen molar-refractivity contribution in [3.05, 3.63) is 47.2 Å². The van der Waals surface area contributed by atoms with E-state index in [1.807, 2.05) is 57.4 Å². The molecule has 0 unspecified atom stereocenters. The molecule has 0 amide bonds. The first-order valence-corrected chi connectivity index (χ1v) is 8.45. The zero-order valence-corrected chi connectivity index (χ0v) is 14.6. The van der Waals surface area contributed by atoms with Crippen molar-refractivity contribution >= 4 is 23.8 Å². The minimum atomic E-state index is -0.200. The van der Waals surface area contributed by atoms with Gasteiger partial charge in [-0.3, -0.25) is 4.99 Å². The van der Waals surface area contributed by atoms with Crippen LogP contribution in [-0.4, -0.2) is 28.0 Å². The van der Waals surface area contributed by atoms with Gasteiger partial charge in [-0.05, 0) is 45.1 Å². The molecule has 0 atom stereocenters. The molecule has 0 radical (unpaired) electrons. The third-order valence-electron chi connectivity index (χ3n) is 2.82. The number of aromatic nitrogens is 2. The monoisotopic (exact) mass is 324 g/mol. The van der Waals surface area contributed by atoms with Gasteiger partial charge in [0.05, 0.1) is 11.1 Å². The van der Waals surface area contributed by atoms with Gasteiger partial charge in [-0.25, -0.2) is 9.97 Å². The Balaban J connectivity index is 2.50. The van der Waals surface area contributed by atoms with Gasteiger partial charge in [-0.1, -0.05) is 35.9 Å². The first-order valence-electron chi connectivity index (χ1n) is 7.23. The first-order chi connectivity index (χ1) is 10.9. The predicted octanol–water partition coefficient (Wildman–Crippen LogP) is 3.40. The second kappa shape index (κ2) is 7.30. The van der Waals surface area contributed by atoms with Crippen LogP contribution in [0.2, 0.25) is 0 Å². The Hall–Kier alpha value is -2.32. The van der Waals surface area contributed by atoms with Crippen LogP contribution in [0.15, 0.2) is 40.5 Å². The Morgan fingerprint density at radius 2 is 1.83 bits per heavy atom. The van der Waals surface area contributed by atoms with Crippen molar-refractivity contribution < 1.29 is 0 Å². The van der Waals surface area contributed by atoms with E-state index in [1.165, 1.54) is 11.8 Å². The topological polar surface area (TPSA) is 64.2 Å². The molecule has 0 saturated heterocycles. The Labute approximate surface area is 141 Å². The van der Waals surface area contributed by atoms with E-state index in [-0.39, 0.29) is 5.54 Å². The maximum absolute atomic E-state index is 6.07. The van der Waals surface area contributed by atoms with Gasteiger partial charge in [-0.2, -0.15) is 0 Å². The lowest BCUT2D eigenvalue weighted by Crippen LogP contribution is -2.12. The number of rotatable bonds is 2. The van der Waals surface area contributed by atoms with Gasteiger partial charge < -0.3 is 5.73 Å². The second-order valence-electron chi connectivity index (χ2n) is 5.90. The number of hydrogen-bond acceptors (Lipinski definition) is 5.